The molecule has 0 radical (unpaired) electrons. The van der Waals surface area contributed by atoms with E-state index in [4.69, 9.17) is 9.47 Å². The highest BCUT2D eigenvalue weighted by Gasteiger charge is 2.08. The minimum Gasteiger partial charge on any atom is -0.497 e. The van der Waals surface area contributed by atoms with Crippen LogP contribution in [0.2, 0.25) is 0 Å². The largest absolute Gasteiger partial charge is 0.497 e. The highest BCUT2D eigenvalue weighted by Crippen LogP contribution is 2.23. The van der Waals surface area contributed by atoms with E-state index in [1.807, 2.05) is 12.1 Å². The second-order valence-electron chi connectivity index (χ2n) is 6.92. The maximum absolute atomic E-state index is 13.0. The Morgan fingerprint density at radius 2 is 1.47 bits per heavy atom. The second kappa shape index (κ2) is 9.70. The van der Waals surface area contributed by atoms with Crippen molar-refractivity contribution in [2.75, 3.05) is 7.11 Å². The molecule has 7 heteroatoms. The fraction of sp³-hybridized carbons (Fsp3) is 0.0800. The predicted molar refractivity (Wildman–Crippen MR) is 118 cm³/mol. The number of methoxy groups -OCH3 is 1. The van der Waals surface area contributed by atoms with Crippen LogP contribution in [-0.2, 0) is 6.54 Å². The lowest BCUT2D eigenvalue weighted by Gasteiger charge is -2.08. The summed E-state index contributed by atoms with van der Waals surface area (Å²) in [6, 6.07) is 20.5. The van der Waals surface area contributed by atoms with Gasteiger partial charge in [0, 0.05) is 30.1 Å². The van der Waals surface area contributed by atoms with Gasteiger partial charge in [0.15, 0.2) is 0 Å². The normalized spacial score (nSPS) is 10.4. The highest BCUT2D eigenvalue weighted by molar-refractivity contribution is 5.94. The maximum atomic E-state index is 13.0. The van der Waals surface area contributed by atoms with Crippen LogP contribution in [-0.4, -0.2) is 23.0 Å². The second-order valence-corrected chi connectivity index (χ2v) is 6.92. The Morgan fingerprint density at radius 1 is 0.844 bits per heavy atom. The molecule has 0 spiro atoms. The van der Waals surface area contributed by atoms with Gasteiger partial charge in [0.25, 0.3) is 5.91 Å². The maximum Gasteiger partial charge on any atom is 0.321 e. The van der Waals surface area contributed by atoms with Crippen LogP contribution in [0.15, 0.2) is 85.2 Å². The van der Waals surface area contributed by atoms with Gasteiger partial charge in [0.05, 0.1) is 7.11 Å². The summed E-state index contributed by atoms with van der Waals surface area (Å²) in [5, 5.41) is 2.82. The van der Waals surface area contributed by atoms with Crippen molar-refractivity contribution in [1.82, 2.24) is 15.3 Å². The van der Waals surface area contributed by atoms with Crippen LogP contribution in [0.5, 0.6) is 17.5 Å². The number of ether oxygens (including phenoxy) is 2. The smallest absolute Gasteiger partial charge is 0.321 e. The summed E-state index contributed by atoms with van der Waals surface area (Å²) in [7, 11) is 1.60. The molecular formula is C25H20FN3O3. The van der Waals surface area contributed by atoms with Crippen molar-refractivity contribution in [1.29, 1.82) is 0 Å². The first-order chi connectivity index (χ1) is 15.6. The van der Waals surface area contributed by atoms with Crippen LogP contribution in [0.25, 0.3) is 11.1 Å². The van der Waals surface area contributed by atoms with Crippen molar-refractivity contribution < 1.29 is 18.7 Å². The third-order valence-electron chi connectivity index (χ3n) is 4.74. The number of carbonyl (C=O) groups excluding carboxylic acids is 1. The summed E-state index contributed by atoms with van der Waals surface area (Å²) < 4.78 is 23.7. The molecule has 0 aliphatic rings. The first kappa shape index (κ1) is 21.0. The average molecular weight is 429 g/mol. The molecule has 0 bridgehead atoms. The fourth-order valence-corrected chi connectivity index (χ4v) is 2.97. The lowest BCUT2D eigenvalue weighted by molar-refractivity contribution is 0.0951. The van der Waals surface area contributed by atoms with Crippen molar-refractivity contribution in [3.05, 3.63) is 102 Å². The molecule has 32 heavy (non-hydrogen) atoms. The molecule has 0 saturated heterocycles. The van der Waals surface area contributed by atoms with E-state index in [1.54, 1.807) is 68.0 Å². The first-order valence-corrected chi connectivity index (χ1v) is 9.88. The number of hydrogen-bond donors (Lipinski definition) is 1. The third kappa shape index (κ3) is 5.26. The summed E-state index contributed by atoms with van der Waals surface area (Å²) in [6.07, 6.45) is 3.32. The standard InChI is InChI=1S/C25H20FN3O3/c1-31-22-10-12-23(13-11-22)32-25-28-15-20(16-29-25)18-4-6-19(7-5-18)24(30)27-14-17-2-8-21(26)9-3-17/h2-13,15-16H,14H2,1H3,(H,27,30). The van der Waals surface area contributed by atoms with Gasteiger partial charge >= 0.3 is 6.01 Å². The number of aromatic nitrogens is 2. The predicted octanol–water partition coefficient (Wildman–Crippen LogP) is 5.01. The van der Waals surface area contributed by atoms with Crippen molar-refractivity contribution in [3.63, 3.8) is 0 Å². The van der Waals surface area contributed by atoms with Gasteiger partial charge in [-0.3, -0.25) is 4.79 Å². The number of carbonyl (C=O) groups is 1. The highest BCUT2D eigenvalue weighted by atomic mass is 19.1. The molecule has 1 aromatic heterocycles. The van der Waals surface area contributed by atoms with Gasteiger partial charge in [-0.15, -0.1) is 0 Å². The fourth-order valence-electron chi connectivity index (χ4n) is 2.97. The van der Waals surface area contributed by atoms with Crippen LogP contribution < -0.4 is 14.8 Å². The van der Waals surface area contributed by atoms with Crippen LogP contribution in [0.3, 0.4) is 0 Å². The van der Waals surface area contributed by atoms with E-state index in [-0.39, 0.29) is 17.7 Å². The van der Waals surface area contributed by atoms with Crippen molar-refractivity contribution in [2.45, 2.75) is 6.54 Å². The van der Waals surface area contributed by atoms with E-state index in [2.05, 4.69) is 15.3 Å². The Hall–Kier alpha value is -4.26. The van der Waals surface area contributed by atoms with Crippen LogP contribution in [0.4, 0.5) is 4.39 Å². The molecule has 0 atom stereocenters. The van der Waals surface area contributed by atoms with Crippen molar-refractivity contribution in [3.8, 4) is 28.6 Å². The molecule has 3 aromatic carbocycles. The molecule has 1 amide bonds. The van der Waals surface area contributed by atoms with E-state index in [1.165, 1.54) is 12.1 Å². The summed E-state index contributed by atoms with van der Waals surface area (Å²) in [5.41, 5.74) is 3.02. The lowest BCUT2D eigenvalue weighted by Crippen LogP contribution is -2.22. The number of hydrogen-bond acceptors (Lipinski definition) is 5. The zero-order chi connectivity index (χ0) is 22.3. The SMILES string of the molecule is COc1ccc(Oc2ncc(-c3ccc(C(=O)NCc4ccc(F)cc4)cc3)cn2)cc1. The van der Waals surface area contributed by atoms with Crippen molar-refractivity contribution in [2.24, 2.45) is 0 Å². The molecule has 4 rings (SSSR count). The first-order valence-electron chi connectivity index (χ1n) is 9.88. The molecule has 1 heterocycles. The Bertz CT molecular complexity index is 1180. The molecule has 0 aliphatic heterocycles. The Balaban J connectivity index is 1.36. The molecule has 6 nitrogen and oxygen atoms in total. The van der Waals surface area contributed by atoms with Gasteiger partial charge in [-0.25, -0.2) is 14.4 Å². The molecule has 1 N–H and O–H groups in total. The van der Waals surface area contributed by atoms with E-state index in [0.717, 1.165) is 22.4 Å². The minimum atomic E-state index is -0.306. The summed E-state index contributed by atoms with van der Waals surface area (Å²) >= 11 is 0. The van der Waals surface area contributed by atoms with Gasteiger partial charge in [0.1, 0.15) is 17.3 Å². The zero-order valence-corrected chi connectivity index (χ0v) is 17.3. The van der Waals surface area contributed by atoms with Gasteiger partial charge in [0.2, 0.25) is 0 Å². The van der Waals surface area contributed by atoms with Gasteiger partial charge in [-0.2, -0.15) is 0 Å². The van der Waals surface area contributed by atoms with E-state index in [0.29, 0.717) is 17.9 Å². The molecule has 0 fully saturated rings. The van der Waals surface area contributed by atoms with E-state index >= 15 is 0 Å². The number of halogens is 1. The number of amides is 1. The topological polar surface area (TPSA) is 73.3 Å². The van der Waals surface area contributed by atoms with Crippen molar-refractivity contribution >= 4 is 5.91 Å². The lowest BCUT2D eigenvalue weighted by atomic mass is 10.1. The monoisotopic (exact) mass is 429 g/mol. The molecule has 4 aromatic rings. The average Bonchev–Trinajstić information content (AvgIpc) is 2.84. The minimum absolute atomic E-state index is 0.208. The molecule has 0 unspecified atom stereocenters. The van der Waals surface area contributed by atoms with Crippen LogP contribution in [0, 0.1) is 5.82 Å². The quantitative estimate of drug-likeness (QED) is 0.447. The van der Waals surface area contributed by atoms with Crippen LogP contribution in [0.1, 0.15) is 15.9 Å². The zero-order valence-electron chi connectivity index (χ0n) is 17.3. The third-order valence-corrected chi connectivity index (χ3v) is 4.74. The van der Waals surface area contributed by atoms with Crippen LogP contribution >= 0.6 is 0 Å². The number of rotatable bonds is 7. The molecule has 0 saturated carbocycles. The summed E-state index contributed by atoms with van der Waals surface area (Å²) in [6.45, 7) is 0.324. The number of nitrogens with zero attached hydrogens (tertiary/aromatic N) is 2. The number of benzene rings is 3. The summed E-state index contributed by atoms with van der Waals surface area (Å²) in [5.74, 6) is 0.830. The Morgan fingerprint density at radius 3 is 2.09 bits per heavy atom. The van der Waals surface area contributed by atoms with Gasteiger partial charge in [-0.1, -0.05) is 24.3 Å². The molecule has 0 aliphatic carbocycles. The van der Waals surface area contributed by atoms with Gasteiger partial charge < -0.3 is 14.8 Å². The molecular weight excluding hydrogens is 409 g/mol. The van der Waals surface area contributed by atoms with Gasteiger partial charge in [-0.05, 0) is 59.7 Å². The Labute approximate surface area is 184 Å². The van der Waals surface area contributed by atoms with E-state index < -0.39 is 0 Å². The van der Waals surface area contributed by atoms with E-state index in [9.17, 15) is 9.18 Å². The Kier molecular flexibility index (Phi) is 6.36. The summed E-state index contributed by atoms with van der Waals surface area (Å²) in [4.78, 5) is 20.9. The number of nitrogens with one attached hydrogen (secondary N) is 1. The molecule has 160 valence electrons.